The summed E-state index contributed by atoms with van der Waals surface area (Å²) in [6.07, 6.45) is 0. The van der Waals surface area contributed by atoms with Gasteiger partial charge >= 0.3 is 0 Å². The van der Waals surface area contributed by atoms with Crippen molar-refractivity contribution < 1.29 is 9.13 Å². The molecule has 0 saturated heterocycles. The van der Waals surface area contributed by atoms with Gasteiger partial charge in [0, 0.05) is 5.69 Å². The van der Waals surface area contributed by atoms with E-state index >= 15 is 0 Å². The Balaban J connectivity index is 1.99. The van der Waals surface area contributed by atoms with Gasteiger partial charge in [-0.25, -0.2) is 4.39 Å². The fourth-order valence-electron chi connectivity index (χ4n) is 1.69. The highest BCUT2D eigenvalue weighted by atomic mass is 35.5. The first-order chi connectivity index (χ1) is 10.1. The Bertz CT molecular complexity index is 634. The second-order valence-electron chi connectivity index (χ2n) is 4.14. The van der Waals surface area contributed by atoms with Crippen LogP contribution in [0.25, 0.3) is 0 Å². The molecule has 0 aliphatic rings. The molecule has 6 heteroatoms. The maximum absolute atomic E-state index is 13.7. The average Bonchev–Trinajstić information content (AvgIpc) is 2.46. The Morgan fingerprint density at radius 1 is 1.19 bits per heavy atom. The summed E-state index contributed by atoms with van der Waals surface area (Å²) in [6, 6.07) is 12.0. The minimum atomic E-state index is -0.532. The van der Waals surface area contributed by atoms with Crippen molar-refractivity contribution in [3.63, 3.8) is 0 Å². The highest BCUT2D eigenvalue weighted by Crippen LogP contribution is 2.22. The van der Waals surface area contributed by atoms with Gasteiger partial charge in [-0.15, -0.1) is 0 Å². The van der Waals surface area contributed by atoms with E-state index in [9.17, 15) is 4.39 Å². The van der Waals surface area contributed by atoms with Crippen molar-refractivity contribution in [3.05, 3.63) is 53.3 Å². The lowest BCUT2D eigenvalue weighted by molar-refractivity contribution is 0.340. The summed E-state index contributed by atoms with van der Waals surface area (Å²) in [6.45, 7) is 2.53. The molecular formula is C15H14ClFN2OS. The number of ether oxygens (including phenoxy) is 1. The predicted molar refractivity (Wildman–Crippen MR) is 88.9 cm³/mol. The largest absolute Gasteiger partial charge is 0.494 e. The predicted octanol–water partition coefficient (Wildman–Crippen LogP) is 4.69. The molecule has 2 aromatic rings. The smallest absolute Gasteiger partial charge is 0.175 e. The van der Waals surface area contributed by atoms with Crippen LogP contribution < -0.4 is 15.4 Å². The SMILES string of the molecule is CCOc1ccc(NC(=S)Nc2cccc(Cl)c2F)cc1. The van der Waals surface area contributed by atoms with Crippen molar-refractivity contribution in [2.24, 2.45) is 0 Å². The molecule has 0 bridgehead atoms. The van der Waals surface area contributed by atoms with Gasteiger partial charge in [0.15, 0.2) is 10.9 Å². The van der Waals surface area contributed by atoms with E-state index in [0.29, 0.717) is 6.61 Å². The zero-order valence-corrected chi connectivity index (χ0v) is 12.9. The molecule has 0 fully saturated rings. The first kappa shape index (κ1) is 15.5. The van der Waals surface area contributed by atoms with Crippen molar-refractivity contribution >= 4 is 40.3 Å². The zero-order valence-electron chi connectivity index (χ0n) is 11.3. The van der Waals surface area contributed by atoms with E-state index in [-0.39, 0.29) is 15.8 Å². The number of nitrogens with one attached hydrogen (secondary N) is 2. The first-order valence-electron chi connectivity index (χ1n) is 6.35. The molecule has 0 aliphatic heterocycles. The number of halogens is 2. The molecule has 0 amide bonds. The van der Waals surface area contributed by atoms with Crippen LogP contribution >= 0.6 is 23.8 Å². The van der Waals surface area contributed by atoms with Crippen LogP contribution in [0.4, 0.5) is 15.8 Å². The summed E-state index contributed by atoms with van der Waals surface area (Å²) >= 11 is 10.9. The van der Waals surface area contributed by atoms with Crippen LogP contribution in [-0.4, -0.2) is 11.7 Å². The summed E-state index contributed by atoms with van der Waals surface area (Å²) in [7, 11) is 0. The Morgan fingerprint density at radius 2 is 1.90 bits per heavy atom. The molecule has 21 heavy (non-hydrogen) atoms. The van der Waals surface area contributed by atoms with E-state index in [4.69, 9.17) is 28.6 Å². The minimum Gasteiger partial charge on any atom is -0.494 e. The van der Waals surface area contributed by atoms with Crippen LogP contribution in [0.2, 0.25) is 5.02 Å². The molecule has 2 aromatic carbocycles. The Morgan fingerprint density at radius 3 is 2.57 bits per heavy atom. The number of benzene rings is 2. The second-order valence-corrected chi connectivity index (χ2v) is 4.95. The Hall–Kier alpha value is -1.85. The Kier molecular flexibility index (Phi) is 5.36. The molecule has 0 radical (unpaired) electrons. The highest BCUT2D eigenvalue weighted by Gasteiger charge is 2.07. The Labute approximate surface area is 133 Å². The summed E-state index contributed by atoms with van der Waals surface area (Å²) in [4.78, 5) is 0. The van der Waals surface area contributed by atoms with Crippen molar-refractivity contribution in [2.75, 3.05) is 17.2 Å². The number of hydrogen-bond donors (Lipinski definition) is 2. The molecule has 0 spiro atoms. The summed E-state index contributed by atoms with van der Waals surface area (Å²) in [5.41, 5.74) is 1.00. The molecule has 0 atom stereocenters. The topological polar surface area (TPSA) is 33.3 Å². The van der Waals surface area contributed by atoms with Crippen LogP contribution in [0.1, 0.15) is 6.92 Å². The molecule has 0 unspecified atom stereocenters. The van der Waals surface area contributed by atoms with E-state index in [1.54, 1.807) is 12.1 Å². The van der Waals surface area contributed by atoms with Gasteiger partial charge in [0.05, 0.1) is 17.3 Å². The standard InChI is InChI=1S/C15H14ClFN2OS/c1-2-20-11-8-6-10(7-9-11)18-15(21)19-13-5-3-4-12(16)14(13)17/h3-9H,2H2,1H3,(H2,18,19,21). The molecule has 0 heterocycles. The van der Waals surface area contributed by atoms with Gasteiger partial charge in [-0.1, -0.05) is 17.7 Å². The number of thiocarbonyl (C=S) groups is 1. The highest BCUT2D eigenvalue weighted by molar-refractivity contribution is 7.80. The average molecular weight is 325 g/mol. The van der Waals surface area contributed by atoms with Gasteiger partial charge < -0.3 is 15.4 Å². The lowest BCUT2D eigenvalue weighted by Crippen LogP contribution is -2.19. The third-order valence-electron chi connectivity index (χ3n) is 2.62. The summed E-state index contributed by atoms with van der Waals surface area (Å²) in [5.74, 6) is 0.248. The normalized spacial score (nSPS) is 10.0. The molecular weight excluding hydrogens is 311 g/mol. The fraction of sp³-hybridized carbons (Fsp3) is 0.133. The van der Waals surface area contributed by atoms with Crippen molar-refractivity contribution in [2.45, 2.75) is 6.92 Å². The van der Waals surface area contributed by atoms with Gasteiger partial charge in [0.1, 0.15) is 5.75 Å². The third kappa shape index (κ3) is 4.31. The summed E-state index contributed by atoms with van der Waals surface area (Å²) < 4.78 is 19.1. The number of hydrogen-bond acceptors (Lipinski definition) is 2. The molecule has 0 aliphatic carbocycles. The first-order valence-corrected chi connectivity index (χ1v) is 7.13. The summed E-state index contributed by atoms with van der Waals surface area (Å²) in [5, 5.41) is 6.05. The van der Waals surface area contributed by atoms with E-state index in [2.05, 4.69) is 10.6 Å². The lowest BCUT2D eigenvalue weighted by Gasteiger charge is -2.12. The van der Waals surface area contributed by atoms with E-state index < -0.39 is 5.82 Å². The molecule has 2 rings (SSSR count). The van der Waals surface area contributed by atoms with Crippen LogP contribution in [0.15, 0.2) is 42.5 Å². The molecule has 110 valence electrons. The van der Waals surface area contributed by atoms with Gasteiger partial charge in [0.2, 0.25) is 0 Å². The zero-order chi connectivity index (χ0) is 15.2. The lowest BCUT2D eigenvalue weighted by atomic mass is 10.3. The van der Waals surface area contributed by atoms with E-state index in [1.807, 2.05) is 31.2 Å². The van der Waals surface area contributed by atoms with Crippen molar-refractivity contribution in [1.82, 2.24) is 0 Å². The quantitative estimate of drug-likeness (QED) is 0.800. The molecule has 0 aromatic heterocycles. The van der Waals surface area contributed by atoms with E-state index in [1.165, 1.54) is 6.07 Å². The molecule has 3 nitrogen and oxygen atoms in total. The maximum atomic E-state index is 13.7. The van der Waals surface area contributed by atoms with Gasteiger partial charge in [-0.3, -0.25) is 0 Å². The van der Waals surface area contributed by atoms with Gasteiger partial charge in [-0.05, 0) is 55.5 Å². The van der Waals surface area contributed by atoms with Crippen LogP contribution in [0, 0.1) is 5.82 Å². The van der Waals surface area contributed by atoms with Gasteiger partial charge in [-0.2, -0.15) is 0 Å². The molecule has 0 saturated carbocycles. The maximum Gasteiger partial charge on any atom is 0.175 e. The van der Waals surface area contributed by atoms with Crippen molar-refractivity contribution in [1.29, 1.82) is 0 Å². The monoisotopic (exact) mass is 324 g/mol. The third-order valence-corrected chi connectivity index (χ3v) is 3.12. The van der Waals surface area contributed by atoms with Crippen LogP contribution in [0.5, 0.6) is 5.75 Å². The van der Waals surface area contributed by atoms with Crippen LogP contribution in [-0.2, 0) is 0 Å². The number of rotatable bonds is 4. The fourth-order valence-corrected chi connectivity index (χ4v) is 2.09. The van der Waals surface area contributed by atoms with E-state index in [0.717, 1.165) is 11.4 Å². The van der Waals surface area contributed by atoms with Gasteiger partial charge in [0.25, 0.3) is 0 Å². The van der Waals surface area contributed by atoms with Crippen LogP contribution in [0.3, 0.4) is 0 Å². The second kappa shape index (κ2) is 7.24. The number of anilines is 2. The minimum absolute atomic E-state index is 0.0452. The van der Waals surface area contributed by atoms with Crippen molar-refractivity contribution in [3.8, 4) is 5.75 Å². The molecule has 2 N–H and O–H groups in total.